The molecule has 2 aromatic rings. The van der Waals surface area contributed by atoms with Gasteiger partial charge in [0.15, 0.2) is 0 Å². The van der Waals surface area contributed by atoms with E-state index in [1.54, 1.807) is 30.6 Å². The molecule has 1 heterocycles. The Morgan fingerprint density at radius 3 is 2.86 bits per heavy atom. The van der Waals surface area contributed by atoms with Crippen molar-refractivity contribution in [2.24, 2.45) is 5.73 Å². The van der Waals surface area contributed by atoms with E-state index in [-0.39, 0.29) is 18.9 Å². The number of aliphatic carboxylic acids is 1. The van der Waals surface area contributed by atoms with E-state index in [2.05, 4.69) is 4.98 Å². The number of benzene rings is 1. The third-order valence-corrected chi connectivity index (χ3v) is 3.56. The van der Waals surface area contributed by atoms with Gasteiger partial charge in [-0.2, -0.15) is 0 Å². The van der Waals surface area contributed by atoms with E-state index in [0.29, 0.717) is 17.4 Å². The van der Waals surface area contributed by atoms with Crippen molar-refractivity contribution in [1.29, 1.82) is 0 Å². The highest BCUT2D eigenvalue weighted by Crippen LogP contribution is 2.30. The third-order valence-electron chi connectivity index (χ3n) is 3.25. The van der Waals surface area contributed by atoms with Gasteiger partial charge in [-0.15, -0.1) is 0 Å². The van der Waals surface area contributed by atoms with Crippen LogP contribution in [0.25, 0.3) is 0 Å². The van der Waals surface area contributed by atoms with Crippen LogP contribution in [0.15, 0.2) is 42.7 Å². The molecule has 0 bridgehead atoms. The number of nitrogens with zero attached hydrogens (tertiary/aromatic N) is 1. The molecule has 22 heavy (non-hydrogen) atoms. The summed E-state index contributed by atoms with van der Waals surface area (Å²) in [5.74, 6) is -0.648. The van der Waals surface area contributed by atoms with Gasteiger partial charge in [-0.3, -0.25) is 9.78 Å². The van der Waals surface area contributed by atoms with E-state index in [1.807, 2.05) is 12.1 Å². The predicted octanol–water partition coefficient (Wildman–Crippen LogP) is 2.83. The molecule has 0 fully saturated rings. The molecule has 1 aromatic carbocycles. The van der Waals surface area contributed by atoms with Crippen molar-refractivity contribution in [2.45, 2.75) is 18.9 Å². The molecular weight excluding hydrogens is 304 g/mol. The molecule has 1 aromatic heterocycles. The van der Waals surface area contributed by atoms with Crippen molar-refractivity contribution in [3.63, 3.8) is 0 Å². The van der Waals surface area contributed by atoms with Gasteiger partial charge in [0.1, 0.15) is 12.4 Å². The third kappa shape index (κ3) is 4.44. The van der Waals surface area contributed by atoms with Crippen LogP contribution < -0.4 is 10.5 Å². The number of carboxylic acid groups (broad SMARTS) is 1. The van der Waals surface area contributed by atoms with E-state index in [1.165, 1.54) is 0 Å². The first-order valence-corrected chi connectivity index (χ1v) is 7.21. The van der Waals surface area contributed by atoms with Gasteiger partial charge in [0.05, 0.1) is 11.4 Å². The predicted molar refractivity (Wildman–Crippen MR) is 84.1 cm³/mol. The van der Waals surface area contributed by atoms with Crippen molar-refractivity contribution < 1.29 is 14.6 Å². The van der Waals surface area contributed by atoms with Gasteiger partial charge in [0, 0.05) is 23.9 Å². The van der Waals surface area contributed by atoms with Crippen LogP contribution in [0.2, 0.25) is 5.02 Å². The summed E-state index contributed by atoms with van der Waals surface area (Å²) in [6.45, 7) is 0.583. The average molecular weight is 321 g/mol. The van der Waals surface area contributed by atoms with E-state index >= 15 is 0 Å². The minimum absolute atomic E-state index is 0.0276. The lowest BCUT2D eigenvalue weighted by Gasteiger charge is -2.15. The molecular formula is C16H17ClN2O3. The van der Waals surface area contributed by atoms with E-state index in [9.17, 15) is 4.79 Å². The summed E-state index contributed by atoms with van der Waals surface area (Å²) >= 11 is 6.13. The Kier molecular flexibility index (Phi) is 5.75. The highest BCUT2D eigenvalue weighted by atomic mass is 35.5. The zero-order valence-corrected chi connectivity index (χ0v) is 12.7. The fraction of sp³-hybridized carbons (Fsp3) is 0.250. The Bertz CT molecular complexity index is 635. The van der Waals surface area contributed by atoms with Crippen LogP contribution in [0.3, 0.4) is 0 Å². The van der Waals surface area contributed by atoms with Gasteiger partial charge in [-0.1, -0.05) is 23.7 Å². The average Bonchev–Trinajstić information content (AvgIpc) is 2.53. The lowest BCUT2D eigenvalue weighted by molar-refractivity contribution is -0.137. The summed E-state index contributed by atoms with van der Waals surface area (Å²) in [5.41, 5.74) is 7.38. The number of carbonyl (C=O) groups is 1. The molecule has 0 aliphatic heterocycles. The SMILES string of the molecule is NC[C@H](CC(=O)O)c1ccc(Cl)c(OCc2cccnc2)c1. The molecule has 116 valence electrons. The first kappa shape index (κ1) is 16.3. The quantitative estimate of drug-likeness (QED) is 0.819. The maximum atomic E-state index is 10.9. The number of hydrogen-bond donors (Lipinski definition) is 2. The van der Waals surface area contributed by atoms with Crippen molar-refractivity contribution in [1.82, 2.24) is 4.98 Å². The smallest absolute Gasteiger partial charge is 0.304 e. The number of pyridine rings is 1. The van der Waals surface area contributed by atoms with Crippen molar-refractivity contribution in [2.75, 3.05) is 6.54 Å². The molecule has 0 saturated heterocycles. The lowest BCUT2D eigenvalue weighted by Crippen LogP contribution is -2.16. The number of hydrogen-bond acceptors (Lipinski definition) is 4. The minimum Gasteiger partial charge on any atom is -0.487 e. The second-order valence-electron chi connectivity index (χ2n) is 4.87. The van der Waals surface area contributed by atoms with Crippen LogP contribution in [-0.2, 0) is 11.4 Å². The summed E-state index contributed by atoms with van der Waals surface area (Å²) in [6.07, 6.45) is 3.37. The molecule has 1 atom stereocenters. The second kappa shape index (κ2) is 7.77. The molecule has 0 aliphatic carbocycles. The molecule has 5 nitrogen and oxygen atoms in total. The fourth-order valence-corrected chi connectivity index (χ4v) is 2.25. The normalized spacial score (nSPS) is 11.9. The summed E-state index contributed by atoms with van der Waals surface area (Å²) in [4.78, 5) is 14.9. The van der Waals surface area contributed by atoms with Crippen molar-refractivity contribution in [3.05, 3.63) is 58.9 Å². The van der Waals surface area contributed by atoms with Gasteiger partial charge in [0.2, 0.25) is 0 Å². The van der Waals surface area contributed by atoms with Crippen LogP contribution in [0.5, 0.6) is 5.75 Å². The Balaban J connectivity index is 2.14. The number of aromatic nitrogens is 1. The lowest BCUT2D eigenvalue weighted by atomic mass is 9.96. The number of halogens is 1. The maximum Gasteiger partial charge on any atom is 0.304 e. The Morgan fingerprint density at radius 2 is 2.23 bits per heavy atom. The van der Waals surface area contributed by atoms with E-state index in [4.69, 9.17) is 27.2 Å². The van der Waals surface area contributed by atoms with Crippen LogP contribution in [0, 0.1) is 0 Å². The topological polar surface area (TPSA) is 85.4 Å². The van der Waals surface area contributed by atoms with Gasteiger partial charge >= 0.3 is 5.97 Å². The largest absolute Gasteiger partial charge is 0.487 e. The van der Waals surface area contributed by atoms with E-state index < -0.39 is 5.97 Å². The Morgan fingerprint density at radius 1 is 1.41 bits per heavy atom. The second-order valence-corrected chi connectivity index (χ2v) is 5.28. The molecule has 6 heteroatoms. The van der Waals surface area contributed by atoms with Crippen LogP contribution >= 0.6 is 11.6 Å². The summed E-state index contributed by atoms with van der Waals surface area (Å²) in [5, 5.41) is 9.40. The zero-order valence-electron chi connectivity index (χ0n) is 11.9. The first-order chi connectivity index (χ1) is 10.6. The molecule has 0 aliphatic rings. The van der Waals surface area contributed by atoms with Crippen LogP contribution in [-0.4, -0.2) is 22.6 Å². The molecule has 0 unspecified atom stereocenters. The van der Waals surface area contributed by atoms with Gasteiger partial charge in [0.25, 0.3) is 0 Å². The molecule has 0 spiro atoms. The Hall–Kier alpha value is -2.11. The minimum atomic E-state index is -0.886. The van der Waals surface area contributed by atoms with Crippen molar-refractivity contribution in [3.8, 4) is 5.75 Å². The number of rotatable bonds is 7. The molecule has 0 saturated carbocycles. The summed E-state index contributed by atoms with van der Waals surface area (Å²) in [6, 6.07) is 8.95. The highest BCUT2D eigenvalue weighted by molar-refractivity contribution is 6.32. The van der Waals surface area contributed by atoms with Crippen LogP contribution in [0.1, 0.15) is 23.5 Å². The monoisotopic (exact) mass is 320 g/mol. The summed E-state index contributed by atoms with van der Waals surface area (Å²) < 4.78 is 5.70. The molecule has 2 rings (SSSR count). The van der Waals surface area contributed by atoms with E-state index in [0.717, 1.165) is 11.1 Å². The van der Waals surface area contributed by atoms with Gasteiger partial charge in [-0.25, -0.2) is 0 Å². The first-order valence-electron chi connectivity index (χ1n) is 6.83. The van der Waals surface area contributed by atoms with Crippen molar-refractivity contribution >= 4 is 17.6 Å². The molecule has 3 N–H and O–H groups in total. The zero-order chi connectivity index (χ0) is 15.9. The highest BCUT2D eigenvalue weighted by Gasteiger charge is 2.16. The maximum absolute atomic E-state index is 10.9. The Labute approximate surface area is 133 Å². The molecule has 0 amide bonds. The van der Waals surface area contributed by atoms with Gasteiger partial charge in [-0.05, 0) is 30.3 Å². The fourth-order valence-electron chi connectivity index (χ4n) is 2.08. The number of ether oxygens (including phenoxy) is 1. The van der Waals surface area contributed by atoms with Gasteiger partial charge < -0.3 is 15.6 Å². The summed E-state index contributed by atoms with van der Waals surface area (Å²) in [7, 11) is 0. The van der Waals surface area contributed by atoms with Crippen LogP contribution in [0.4, 0.5) is 0 Å². The molecule has 0 radical (unpaired) electrons. The standard InChI is InChI=1S/C16H17ClN2O3/c17-14-4-3-12(13(8-18)7-16(20)21)6-15(14)22-10-11-2-1-5-19-9-11/h1-6,9,13H,7-8,10,18H2,(H,20,21)/t13-/m0/s1. The number of carboxylic acids is 1. The number of nitrogens with two attached hydrogens (primary N) is 1.